The number of carbonyl (C=O) groups is 1. The van der Waals surface area contributed by atoms with E-state index in [1.54, 1.807) is 6.07 Å². The molecule has 1 amide bonds. The quantitative estimate of drug-likeness (QED) is 0.540. The fraction of sp³-hybridized carbons (Fsp3) is 0.391. The molecular weight excluding hydrogens is 405 g/mol. The van der Waals surface area contributed by atoms with Crippen LogP contribution in [0.3, 0.4) is 0 Å². The number of anilines is 2. The van der Waals surface area contributed by atoms with E-state index in [4.69, 9.17) is 0 Å². The smallest absolute Gasteiger partial charge is 0.342 e. The van der Waals surface area contributed by atoms with Gasteiger partial charge in [-0.1, -0.05) is 25.0 Å². The van der Waals surface area contributed by atoms with Crippen LogP contribution in [-0.4, -0.2) is 29.0 Å². The first-order valence-electron chi connectivity index (χ1n) is 10.5. The van der Waals surface area contributed by atoms with Crippen molar-refractivity contribution < 1.29 is 18.0 Å². The van der Waals surface area contributed by atoms with Crippen LogP contribution in [-0.2, 0) is 17.4 Å². The average molecular weight is 430 g/mol. The third kappa shape index (κ3) is 5.00. The van der Waals surface area contributed by atoms with Gasteiger partial charge in [0.1, 0.15) is 0 Å². The number of hydrogen-bond acceptors (Lipinski definition) is 3. The molecule has 1 heterocycles. The molecule has 5 nitrogen and oxygen atoms in total. The lowest BCUT2D eigenvalue weighted by Gasteiger charge is -2.23. The Kier molecular flexibility index (Phi) is 5.89. The van der Waals surface area contributed by atoms with Gasteiger partial charge in [0, 0.05) is 25.2 Å². The van der Waals surface area contributed by atoms with Gasteiger partial charge in [0.25, 0.3) is 0 Å². The first-order valence-corrected chi connectivity index (χ1v) is 10.5. The lowest BCUT2D eigenvalue weighted by molar-refractivity contribution is -0.137. The van der Waals surface area contributed by atoms with Gasteiger partial charge in [-0.25, -0.2) is 4.98 Å². The molecule has 2 N–H and O–H groups in total. The zero-order valence-electron chi connectivity index (χ0n) is 17.3. The number of amides is 1. The van der Waals surface area contributed by atoms with E-state index in [2.05, 4.69) is 27.2 Å². The number of alkyl halides is 3. The van der Waals surface area contributed by atoms with Crippen molar-refractivity contribution in [3.63, 3.8) is 0 Å². The van der Waals surface area contributed by atoms with Crippen LogP contribution in [0.1, 0.15) is 43.2 Å². The Balaban J connectivity index is 1.36. The molecule has 164 valence electrons. The molecule has 0 radical (unpaired) electrons. The largest absolute Gasteiger partial charge is 0.416 e. The first-order chi connectivity index (χ1) is 14.8. The Labute approximate surface area is 178 Å². The molecule has 0 aliphatic heterocycles. The van der Waals surface area contributed by atoms with Gasteiger partial charge in [0.05, 0.1) is 16.6 Å². The highest BCUT2D eigenvalue weighted by Gasteiger charge is 2.29. The zero-order chi connectivity index (χ0) is 22.0. The van der Waals surface area contributed by atoms with Crippen LogP contribution in [0.5, 0.6) is 0 Å². The van der Waals surface area contributed by atoms with Gasteiger partial charge in [-0.15, -0.1) is 0 Å². The van der Waals surface area contributed by atoms with Crippen molar-refractivity contribution >= 4 is 28.6 Å². The number of hydrogen-bond donors (Lipinski definition) is 2. The van der Waals surface area contributed by atoms with Crippen molar-refractivity contribution in [2.45, 2.75) is 50.7 Å². The van der Waals surface area contributed by atoms with Crippen LogP contribution in [0.2, 0.25) is 0 Å². The maximum Gasteiger partial charge on any atom is 0.416 e. The zero-order valence-corrected chi connectivity index (χ0v) is 17.3. The number of nitrogens with zero attached hydrogens (tertiary/aromatic N) is 2. The number of rotatable bonds is 6. The lowest BCUT2D eigenvalue weighted by atomic mass is 10.1. The topological polar surface area (TPSA) is 61.0 Å². The molecule has 1 saturated carbocycles. The van der Waals surface area contributed by atoms with Gasteiger partial charge in [-0.05, 0) is 55.2 Å². The van der Waals surface area contributed by atoms with Gasteiger partial charge in [0.2, 0.25) is 11.9 Å². The van der Waals surface area contributed by atoms with Crippen molar-refractivity contribution in [2.24, 2.45) is 0 Å². The van der Waals surface area contributed by atoms with Crippen molar-refractivity contribution in [1.29, 1.82) is 0 Å². The van der Waals surface area contributed by atoms with E-state index in [-0.39, 0.29) is 12.3 Å². The van der Waals surface area contributed by atoms with Gasteiger partial charge < -0.3 is 15.2 Å². The predicted molar refractivity (Wildman–Crippen MR) is 115 cm³/mol. The normalized spacial score (nSPS) is 14.8. The maximum atomic E-state index is 12.6. The molecule has 1 aliphatic rings. The number of aromatic nitrogens is 2. The highest BCUT2D eigenvalue weighted by Crippen LogP contribution is 2.29. The number of carbonyl (C=O) groups excluding carboxylic acids is 1. The third-order valence-corrected chi connectivity index (χ3v) is 5.88. The second-order valence-corrected chi connectivity index (χ2v) is 8.08. The summed E-state index contributed by atoms with van der Waals surface area (Å²) in [7, 11) is 2.05. The summed E-state index contributed by atoms with van der Waals surface area (Å²) in [5.41, 5.74) is 2.34. The Hall–Kier alpha value is -3.03. The van der Waals surface area contributed by atoms with Gasteiger partial charge in [-0.3, -0.25) is 4.79 Å². The molecule has 3 aromatic rings. The predicted octanol–water partition coefficient (Wildman–Crippen LogP) is 5.53. The van der Waals surface area contributed by atoms with E-state index in [0.717, 1.165) is 29.1 Å². The minimum Gasteiger partial charge on any atom is -0.342 e. The Morgan fingerprint density at radius 1 is 1.16 bits per heavy atom. The molecule has 0 unspecified atom stereocenters. The van der Waals surface area contributed by atoms with Gasteiger partial charge in [-0.2, -0.15) is 13.2 Å². The van der Waals surface area contributed by atoms with Crippen LogP contribution in [0.15, 0.2) is 42.5 Å². The Morgan fingerprint density at radius 3 is 2.55 bits per heavy atom. The minimum atomic E-state index is -4.35. The number of aromatic amines is 1. The van der Waals surface area contributed by atoms with Crippen LogP contribution in [0.4, 0.5) is 24.8 Å². The summed E-state index contributed by atoms with van der Waals surface area (Å²) >= 11 is 0. The highest BCUT2D eigenvalue weighted by atomic mass is 19.4. The molecule has 0 spiro atoms. The molecule has 1 aliphatic carbocycles. The van der Waals surface area contributed by atoms with E-state index in [0.29, 0.717) is 23.7 Å². The van der Waals surface area contributed by atoms with Crippen molar-refractivity contribution in [3.05, 3.63) is 53.6 Å². The molecule has 0 saturated heterocycles. The Morgan fingerprint density at radius 2 is 1.87 bits per heavy atom. The molecule has 1 aromatic heterocycles. The van der Waals surface area contributed by atoms with Gasteiger partial charge in [0.15, 0.2) is 0 Å². The molecule has 8 heteroatoms. The summed E-state index contributed by atoms with van der Waals surface area (Å²) in [5.74, 6) is 0.634. The second kappa shape index (κ2) is 8.61. The van der Waals surface area contributed by atoms with E-state index >= 15 is 0 Å². The number of fused-ring (bicyclic) bond motifs is 1. The first kappa shape index (κ1) is 21.2. The molecule has 1 fully saturated rings. The summed E-state index contributed by atoms with van der Waals surface area (Å²) in [6.45, 7) is 0. The molecule has 4 rings (SSSR count). The number of H-pyrrole nitrogens is 1. The van der Waals surface area contributed by atoms with E-state index in [9.17, 15) is 18.0 Å². The van der Waals surface area contributed by atoms with E-state index in [1.807, 2.05) is 12.1 Å². The monoisotopic (exact) mass is 430 g/mol. The molecule has 2 aromatic carbocycles. The van der Waals surface area contributed by atoms with Crippen LogP contribution in [0.25, 0.3) is 11.0 Å². The number of imidazole rings is 1. The SMILES string of the molecule is CN(c1nc2ccc(NC(=O)CCc3ccc(C(F)(F)F)cc3)cc2[nH]1)C1CCCC1. The average Bonchev–Trinajstić information content (AvgIpc) is 3.41. The van der Waals surface area contributed by atoms with Crippen LogP contribution >= 0.6 is 0 Å². The molecule has 0 atom stereocenters. The summed E-state index contributed by atoms with van der Waals surface area (Å²) in [6, 6.07) is 10.9. The molecular formula is C23H25F3N4O. The van der Waals surface area contributed by atoms with E-state index < -0.39 is 11.7 Å². The molecule has 31 heavy (non-hydrogen) atoms. The third-order valence-electron chi connectivity index (χ3n) is 5.88. The lowest BCUT2D eigenvalue weighted by Crippen LogP contribution is -2.29. The standard InChI is InChI=1S/C23H25F3N4O/c1-30(18-4-2-3-5-18)22-28-19-12-11-17(14-20(19)29-22)27-21(31)13-8-15-6-9-16(10-7-15)23(24,25)26/h6-7,9-12,14,18H,2-5,8,13H2,1H3,(H,27,31)(H,28,29). The van der Waals surface area contributed by atoms with Gasteiger partial charge >= 0.3 is 6.18 Å². The summed E-state index contributed by atoms with van der Waals surface area (Å²) in [5, 5.41) is 2.85. The number of nitrogens with one attached hydrogen (secondary N) is 2. The van der Waals surface area contributed by atoms with Crippen molar-refractivity contribution in [3.8, 4) is 0 Å². The number of halogens is 3. The van der Waals surface area contributed by atoms with Crippen LogP contribution < -0.4 is 10.2 Å². The summed E-state index contributed by atoms with van der Waals surface area (Å²) in [6.07, 6.45) is 1.04. The van der Waals surface area contributed by atoms with Crippen LogP contribution in [0, 0.1) is 0 Å². The number of aryl methyl sites for hydroxylation is 1. The second-order valence-electron chi connectivity index (χ2n) is 8.08. The fourth-order valence-corrected chi connectivity index (χ4v) is 4.05. The fourth-order valence-electron chi connectivity index (χ4n) is 4.05. The Bertz CT molecular complexity index is 1050. The summed E-state index contributed by atoms with van der Waals surface area (Å²) in [4.78, 5) is 22.5. The van der Waals surface area contributed by atoms with E-state index in [1.165, 1.54) is 37.8 Å². The summed E-state index contributed by atoms with van der Waals surface area (Å²) < 4.78 is 37.9. The molecule has 0 bridgehead atoms. The highest BCUT2D eigenvalue weighted by molar-refractivity contribution is 5.93. The van der Waals surface area contributed by atoms with Crippen molar-refractivity contribution in [1.82, 2.24) is 9.97 Å². The minimum absolute atomic E-state index is 0.183. The van der Waals surface area contributed by atoms with Crippen molar-refractivity contribution in [2.75, 3.05) is 17.3 Å². The number of benzene rings is 2. The maximum absolute atomic E-state index is 12.6.